The molecule has 1 saturated carbocycles. The zero-order chi connectivity index (χ0) is 18.3. The molecule has 0 heterocycles. The summed E-state index contributed by atoms with van der Waals surface area (Å²) < 4.78 is 5.30. The molecule has 0 aliphatic heterocycles. The molecule has 0 aromatic heterocycles. The molecule has 1 fully saturated rings. The van der Waals surface area contributed by atoms with Crippen molar-refractivity contribution in [3.8, 4) is 0 Å². The number of carbonyl (C=O) groups excluding carboxylic acids is 2. The van der Waals surface area contributed by atoms with Crippen LogP contribution < -0.4 is 10.6 Å². The zero-order valence-corrected chi connectivity index (χ0v) is 15.6. The van der Waals surface area contributed by atoms with Crippen LogP contribution in [0.3, 0.4) is 0 Å². The fourth-order valence-corrected chi connectivity index (χ4v) is 2.67. The number of hydrogen-bond donors (Lipinski definition) is 3. The van der Waals surface area contributed by atoms with Crippen molar-refractivity contribution in [2.45, 2.75) is 71.1 Å². The van der Waals surface area contributed by atoms with E-state index in [1.54, 1.807) is 7.05 Å². The second-order valence-corrected chi connectivity index (χ2v) is 7.83. The average molecular weight is 343 g/mol. The molecule has 0 spiro atoms. The van der Waals surface area contributed by atoms with Crippen molar-refractivity contribution in [1.82, 2.24) is 15.5 Å². The van der Waals surface area contributed by atoms with Crippen molar-refractivity contribution in [3.63, 3.8) is 0 Å². The number of aliphatic hydroxyl groups is 1. The van der Waals surface area contributed by atoms with Gasteiger partial charge < -0.3 is 25.4 Å². The van der Waals surface area contributed by atoms with Crippen LogP contribution in [0.25, 0.3) is 0 Å². The van der Waals surface area contributed by atoms with Gasteiger partial charge in [-0.05, 0) is 52.4 Å². The first-order chi connectivity index (χ1) is 11.1. The quantitative estimate of drug-likeness (QED) is 0.713. The van der Waals surface area contributed by atoms with Crippen molar-refractivity contribution in [1.29, 1.82) is 0 Å². The predicted molar refractivity (Wildman–Crippen MR) is 92.8 cm³/mol. The standard InChI is InChI=1S/C17H33N3O4/c1-12(11-20(5)16(23)24-17(2,3)4)10-18-15(22)19-13-6-8-14(21)9-7-13/h12-14,21H,6-11H2,1-5H3,(H2,18,19,22). The summed E-state index contributed by atoms with van der Waals surface area (Å²) in [5.74, 6) is 0.112. The van der Waals surface area contributed by atoms with Gasteiger partial charge in [-0.3, -0.25) is 0 Å². The normalized spacial score (nSPS) is 22.4. The first-order valence-electron chi connectivity index (χ1n) is 8.73. The number of ether oxygens (including phenoxy) is 1. The molecule has 3 N–H and O–H groups in total. The molecule has 24 heavy (non-hydrogen) atoms. The third-order valence-electron chi connectivity index (χ3n) is 3.93. The minimum Gasteiger partial charge on any atom is -0.444 e. The van der Waals surface area contributed by atoms with E-state index in [0.29, 0.717) is 13.1 Å². The van der Waals surface area contributed by atoms with E-state index in [0.717, 1.165) is 25.7 Å². The summed E-state index contributed by atoms with van der Waals surface area (Å²) in [5, 5.41) is 15.2. The van der Waals surface area contributed by atoms with Gasteiger partial charge in [-0.25, -0.2) is 9.59 Å². The number of nitrogens with one attached hydrogen (secondary N) is 2. The maximum absolute atomic E-state index is 11.9. The van der Waals surface area contributed by atoms with Crippen LogP contribution in [0.15, 0.2) is 0 Å². The Morgan fingerprint density at radius 3 is 2.38 bits per heavy atom. The Hall–Kier alpha value is -1.50. The molecule has 1 rings (SSSR count). The van der Waals surface area contributed by atoms with Crippen molar-refractivity contribution >= 4 is 12.1 Å². The lowest BCUT2D eigenvalue weighted by atomic mass is 9.93. The third-order valence-corrected chi connectivity index (χ3v) is 3.93. The molecule has 0 aromatic carbocycles. The molecule has 7 heteroatoms. The van der Waals surface area contributed by atoms with Gasteiger partial charge in [0.25, 0.3) is 0 Å². The summed E-state index contributed by atoms with van der Waals surface area (Å²) in [6.07, 6.45) is 2.51. The summed E-state index contributed by atoms with van der Waals surface area (Å²) in [6.45, 7) is 8.45. The Bertz CT molecular complexity index is 415. The van der Waals surface area contributed by atoms with E-state index >= 15 is 0 Å². The van der Waals surface area contributed by atoms with Gasteiger partial charge in [0, 0.05) is 26.2 Å². The molecule has 0 saturated heterocycles. The average Bonchev–Trinajstić information content (AvgIpc) is 2.46. The van der Waals surface area contributed by atoms with E-state index in [4.69, 9.17) is 4.74 Å². The summed E-state index contributed by atoms with van der Waals surface area (Å²) in [5.41, 5.74) is -0.514. The summed E-state index contributed by atoms with van der Waals surface area (Å²) >= 11 is 0. The van der Waals surface area contributed by atoms with E-state index in [1.165, 1.54) is 4.90 Å². The number of rotatable bonds is 5. The third kappa shape index (κ3) is 8.38. The minimum absolute atomic E-state index is 0.112. The van der Waals surface area contributed by atoms with Gasteiger partial charge in [0.2, 0.25) is 0 Å². The van der Waals surface area contributed by atoms with Crippen LogP contribution in [0.4, 0.5) is 9.59 Å². The SMILES string of the molecule is CC(CNC(=O)NC1CCC(O)CC1)CN(C)C(=O)OC(C)(C)C. The number of hydrogen-bond acceptors (Lipinski definition) is 4. The first-order valence-corrected chi connectivity index (χ1v) is 8.73. The molecule has 3 amide bonds. The second-order valence-electron chi connectivity index (χ2n) is 7.83. The van der Waals surface area contributed by atoms with Crippen molar-refractivity contribution in [2.24, 2.45) is 5.92 Å². The molecule has 7 nitrogen and oxygen atoms in total. The van der Waals surface area contributed by atoms with Crippen LogP contribution in [0.5, 0.6) is 0 Å². The van der Waals surface area contributed by atoms with Crippen molar-refractivity contribution in [2.75, 3.05) is 20.1 Å². The van der Waals surface area contributed by atoms with Gasteiger partial charge in [-0.15, -0.1) is 0 Å². The highest BCUT2D eigenvalue weighted by Crippen LogP contribution is 2.18. The largest absolute Gasteiger partial charge is 0.444 e. The van der Waals surface area contributed by atoms with Gasteiger partial charge in [-0.1, -0.05) is 6.92 Å². The van der Waals surface area contributed by atoms with Gasteiger partial charge in [0.05, 0.1) is 6.10 Å². The minimum atomic E-state index is -0.514. The lowest BCUT2D eigenvalue weighted by Crippen LogP contribution is -2.46. The van der Waals surface area contributed by atoms with E-state index in [2.05, 4.69) is 10.6 Å². The van der Waals surface area contributed by atoms with Crippen LogP contribution in [0.2, 0.25) is 0 Å². The molecule has 0 bridgehead atoms. The molecular formula is C17H33N3O4. The Labute approximate surface area is 145 Å². The number of amides is 3. The molecule has 0 aromatic rings. The second kappa shape index (κ2) is 9.11. The van der Waals surface area contributed by atoms with E-state index < -0.39 is 5.60 Å². The van der Waals surface area contributed by atoms with Gasteiger partial charge in [-0.2, -0.15) is 0 Å². The lowest BCUT2D eigenvalue weighted by molar-refractivity contribution is 0.0277. The maximum Gasteiger partial charge on any atom is 0.410 e. The predicted octanol–water partition coefficient (Wildman–Crippen LogP) is 2.09. The molecule has 0 radical (unpaired) electrons. The van der Waals surface area contributed by atoms with Crippen LogP contribution in [-0.4, -0.2) is 60.0 Å². The molecule has 1 aliphatic carbocycles. The Balaban J connectivity index is 2.23. The highest BCUT2D eigenvalue weighted by Gasteiger charge is 2.22. The number of aliphatic hydroxyl groups excluding tert-OH is 1. The van der Waals surface area contributed by atoms with Crippen molar-refractivity contribution in [3.05, 3.63) is 0 Å². The molecule has 140 valence electrons. The van der Waals surface area contributed by atoms with Crippen molar-refractivity contribution < 1.29 is 19.4 Å². The van der Waals surface area contributed by atoms with Gasteiger partial charge in [0.1, 0.15) is 5.60 Å². The first kappa shape index (κ1) is 20.5. The number of urea groups is 1. The maximum atomic E-state index is 11.9. The van der Waals surface area contributed by atoms with Gasteiger partial charge in [0.15, 0.2) is 0 Å². The topological polar surface area (TPSA) is 90.9 Å². The highest BCUT2D eigenvalue weighted by atomic mass is 16.6. The smallest absolute Gasteiger partial charge is 0.410 e. The van der Waals surface area contributed by atoms with Crippen LogP contribution >= 0.6 is 0 Å². The summed E-state index contributed by atoms with van der Waals surface area (Å²) in [7, 11) is 1.69. The van der Waals surface area contributed by atoms with E-state index in [-0.39, 0.29) is 30.2 Å². The van der Waals surface area contributed by atoms with E-state index in [9.17, 15) is 14.7 Å². The van der Waals surface area contributed by atoms with Gasteiger partial charge >= 0.3 is 12.1 Å². The summed E-state index contributed by atoms with van der Waals surface area (Å²) in [6, 6.07) is -0.0590. The van der Waals surface area contributed by atoms with Crippen LogP contribution in [-0.2, 0) is 4.74 Å². The van der Waals surface area contributed by atoms with Crippen LogP contribution in [0, 0.1) is 5.92 Å². The molecule has 1 aliphatic rings. The molecule has 1 atom stereocenters. The Morgan fingerprint density at radius 2 is 1.83 bits per heavy atom. The number of nitrogens with zero attached hydrogens (tertiary/aromatic N) is 1. The molecular weight excluding hydrogens is 310 g/mol. The fraction of sp³-hybridized carbons (Fsp3) is 0.882. The Morgan fingerprint density at radius 1 is 1.25 bits per heavy atom. The fourth-order valence-electron chi connectivity index (χ4n) is 2.67. The monoisotopic (exact) mass is 343 g/mol. The molecule has 1 unspecified atom stereocenters. The van der Waals surface area contributed by atoms with Crippen LogP contribution in [0.1, 0.15) is 53.4 Å². The lowest BCUT2D eigenvalue weighted by Gasteiger charge is -2.27. The highest BCUT2D eigenvalue weighted by molar-refractivity contribution is 5.74. The Kier molecular flexibility index (Phi) is 7.79. The zero-order valence-electron chi connectivity index (χ0n) is 15.6. The number of carbonyl (C=O) groups is 2. The summed E-state index contributed by atoms with van der Waals surface area (Å²) in [4.78, 5) is 25.3. The van der Waals surface area contributed by atoms with E-state index in [1.807, 2.05) is 27.7 Å².